The van der Waals surface area contributed by atoms with E-state index in [1.807, 2.05) is 26.2 Å². The van der Waals surface area contributed by atoms with Crippen LogP contribution < -0.4 is 4.74 Å². The van der Waals surface area contributed by atoms with Crippen LogP contribution in [0.5, 0.6) is 5.75 Å². The molecule has 0 fully saturated rings. The van der Waals surface area contributed by atoms with Crippen molar-refractivity contribution in [2.24, 2.45) is 0 Å². The Labute approximate surface area is 114 Å². The standard InChI is InChI=1S/C14H20ClNO2/c1-10(17)5-8-14(16(2)3)12-7-6-11(18-4)9-13(12)15/h6-7,9,14H,5,8H2,1-4H3. The summed E-state index contributed by atoms with van der Waals surface area (Å²) < 4.78 is 5.14. The Morgan fingerprint density at radius 1 is 1.44 bits per heavy atom. The number of methoxy groups -OCH3 is 1. The molecule has 0 aliphatic carbocycles. The Kier molecular flexibility index (Phi) is 5.63. The van der Waals surface area contributed by atoms with Crippen LogP contribution in [0, 0.1) is 0 Å². The quantitative estimate of drug-likeness (QED) is 0.793. The zero-order chi connectivity index (χ0) is 13.7. The van der Waals surface area contributed by atoms with Gasteiger partial charge in [-0.05, 0) is 45.1 Å². The molecule has 18 heavy (non-hydrogen) atoms. The lowest BCUT2D eigenvalue weighted by Gasteiger charge is -2.25. The Hall–Kier alpha value is -1.06. The Morgan fingerprint density at radius 2 is 2.11 bits per heavy atom. The highest BCUT2D eigenvalue weighted by molar-refractivity contribution is 6.31. The van der Waals surface area contributed by atoms with Crippen molar-refractivity contribution in [3.8, 4) is 5.75 Å². The number of hydrogen-bond donors (Lipinski definition) is 0. The van der Waals surface area contributed by atoms with Gasteiger partial charge in [-0.2, -0.15) is 0 Å². The van der Waals surface area contributed by atoms with Gasteiger partial charge in [-0.1, -0.05) is 17.7 Å². The molecule has 1 aromatic rings. The third-order valence-electron chi connectivity index (χ3n) is 2.96. The average molecular weight is 270 g/mol. The minimum atomic E-state index is 0.146. The lowest BCUT2D eigenvalue weighted by Crippen LogP contribution is -2.21. The van der Waals surface area contributed by atoms with E-state index >= 15 is 0 Å². The molecule has 0 spiro atoms. The first kappa shape index (κ1) is 15.0. The van der Waals surface area contributed by atoms with Crippen LogP contribution in [0.25, 0.3) is 0 Å². The fraction of sp³-hybridized carbons (Fsp3) is 0.500. The van der Waals surface area contributed by atoms with Gasteiger partial charge >= 0.3 is 0 Å². The summed E-state index contributed by atoms with van der Waals surface area (Å²) in [6, 6.07) is 5.81. The van der Waals surface area contributed by atoms with Crippen LogP contribution in [0.1, 0.15) is 31.4 Å². The summed E-state index contributed by atoms with van der Waals surface area (Å²) in [5.74, 6) is 0.944. The van der Waals surface area contributed by atoms with Gasteiger partial charge in [0.15, 0.2) is 0 Å². The van der Waals surface area contributed by atoms with Crippen molar-refractivity contribution in [2.75, 3.05) is 21.2 Å². The van der Waals surface area contributed by atoms with E-state index in [0.717, 1.165) is 17.7 Å². The van der Waals surface area contributed by atoms with E-state index in [4.69, 9.17) is 16.3 Å². The molecule has 0 N–H and O–H groups in total. The van der Waals surface area contributed by atoms with Gasteiger partial charge in [0, 0.05) is 17.5 Å². The summed E-state index contributed by atoms with van der Waals surface area (Å²) in [7, 11) is 5.60. The van der Waals surface area contributed by atoms with Gasteiger partial charge in [0.2, 0.25) is 0 Å². The topological polar surface area (TPSA) is 29.5 Å². The smallest absolute Gasteiger partial charge is 0.129 e. The van der Waals surface area contributed by atoms with E-state index < -0.39 is 0 Å². The lowest BCUT2D eigenvalue weighted by atomic mass is 9.99. The van der Waals surface area contributed by atoms with Crippen LogP contribution in [0.3, 0.4) is 0 Å². The van der Waals surface area contributed by atoms with E-state index in [0.29, 0.717) is 11.4 Å². The van der Waals surface area contributed by atoms with Crippen LogP contribution in [-0.4, -0.2) is 31.9 Å². The Balaban J connectivity index is 2.95. The molecule has 0 heterocycles. The highest BCUT2D eigenvalue weighted by atomic mass is 35.5. The number of ketones is 1. The number of halogens is 1. The Morgan fingerprint density at radius 3 is 2.56 bits per heavy atom. The SMILES string of the molecule is COc1ccc(C(CCC(C)=O)N(C)C)c(Cl)c1. The summed E-state index contributed by atoms with van der Waals surface area (Å²) in [5, 5.41) is 0.677. The first-order chi connectivity index (χ1) is 8.45. The van der Waals surface area contributed by atoms with Gasteiger partial charge in [-0.3, -0.25) is 0 Å². The van der Waals surface area contributed by atoms with Crippen molar-refractivity contribution in [3.63, 3.8) is 0 Å². The second kappa shape index (κ2) is 6.76. The normalized spacial score (nSPS) is 12.6. The van der Waals surface area contributed by atoms with Crippen molar-refractivity contribution in [3.05, 3.63) is 28.8 Å². The van der Waals surface area contributed by atoms with Crippen LogP contribution >= 0.6 is 11.6 Å². The van der Waals surface area contributed by atoms with Gasteiger partial charge in [-0.25, -0.2) is 0 Å². The molecule has 1 unspecified atom stereocenters. The third kappa shape index (κ3) is 4.00. The highest BCUT2D eigenvalue weighted by Gasteiger charge is 2.18. The van der Waals surface area contributed by atoms with Gasteiger partial charge in [0.05, 0.1) is 7.11 Å². The fourth-order valence-electron chi connectivity index (χ4n) is 1.94. The van der Waals surface area contributed by atoms with Crippen LogP contribution in [0.4, 0.5) is 0 Å². The van der Waals surface area contributed by atoms with Gasteiger partial charge in [-0.15, -0.1) is 0 Å². The second-order valence-corrected chi connectivity index (χ2v) is 5.01. The number of nitrogens with zero attached hydrogens (tertiary/aromatic N) is 1. The molecular formula is C14H20ClNO2. The van der Waals surface area contributed by atoms with Crippen molar-refractivity contribution in [1.82, 2.24) is 4.90 Å². The number of rotatable bonds is 6. The van der Waals surface area contributed by atoms with Crippen LogP contribution in [-0.2, 0) is 4.79 Å². The minimum Gasteiger partial charge on any atom is -0.497 e. The van der Waals surface area contributed by atoms with Crippen molar-refractivity contribution >= 4 is 17.4 Å². The summed E-state index contributed by atoms with van der Waals surface area (Å²) >= 11 is 6.27. The highest BCUT2D eigenvalue weighted by Crippen LogP contribution is 2.32. The molecule has 0 saturated heterocycles. The second-order valence-electron chi connectivity index (χ2n) is 4.61. The van der Waals surface area contributed by atoms with Gasteiger partial charge in [0.25, 0.3) is 0 Å². The monoisotopic (exact) mass is 269 g/mol. The average Bonchev–Trinajstić information content (AvgIpc) is 2.30. The van der Waals surface area contributed by atoms with E-state index in [2.05, 4.69) is 4.90 Å². The summed E-state index contributed by atoms with van der Waals surface area (Å²) in [4.78, 5) is 13.2. The molecule has 0 bridgehead atoms. The number of carbonyl (C=O) groups excluding carboxylic acids is 1. The number of carbonyl (C=O) groups is 1. The number of ether oxygens (including phenoxy) is 1. The molecule has 0 aromatic heterocycles. The molecule has 3 nitrogen and oxygen atoms in total. The van der Waals surface area contributed by atoms with E-state index in [-0.39, 0.29) is 11.8 Å². The van der Waals surface area contributed by atoms with Crippen molar-refractivity contribution in [2.45, 2.75) is 25.8 Å². The van der Waals surface area contributed by atoms with Crippen LogP contribution in [0.15, 0.2) is 18.2 Å². The molecular weight excluding hydrogens is 250 g/mol. The maximum Gasteiger partial charge on any atom is 0.129 e. The first-order valence-corrected chi connectivity index (χ1v) is 6.32. The number of benzene rings is 1. The maximum absolute atomic E-state index is 11.1. The van der Waals surface area contributed by atoms with Crippen molar-refractivity contribution in [1.29, 1.82) is 0 Å². The zero-order valence-corrected chi connectivity index (χ0v) is 12.1. The maximum atomic E-state index is 11.1. The predicted molar refractivity (Wildman–Crippen MR) is 74.3 cm³/mol. The number of Topliss-reactive ketones (excluding diaryl/α,β-unsaturated/α-hetero) is 1. The Bertz CT molecular complexity index is 418. The third-order valence-corrected chi connectivity index (χ3v) is 3.29. The fourth-order valence-corrected chi connectivity index (χ4v) is 2.23. The molecule has 0 amide bonds. The molecule has 0 saturated carbocycles. The zero-order valence-electron chi connectivity index (χ0n) is 11.4. The summed E-state index contributed by atoms with van der Waals surface area (Å²) in [6.45, 7) is 1.61. The van der Waals surface area contributed by atoms with E-state index in [1.54, 1.807) is 20.1 Å². The minimum absolute atomic E-state index is 0.146. The molecule has 100 valence electrons. The first-order valence-electron chi connectivity index (χ1n) is 5.95. The van der Waals surface area contributed by atoms with E-state index in [1.165, 1.54) is 0 Å². The molecule has 1 rings (SSSR count). The predicted octanol–water partition coefficient (Wildman–Crippen LogP) is 3.32. The number of hydrogen-bond acceptors (Lipinski definition) is 3. The molecule has 0 aliphatic rings. The molecule has 0 aliphatic heterocycles. The molecule has 4 heteroatoms. The summed E-state index contributed by atoms with van der Waals surface area (Å²) in [6.07, 6.45) is 1.33. The molecule has 1 aromatic carbocycles. The van der Waals surface area contributed by atoms with Crippen LogP contribution in [0.2, 0.25) is 5.02 Å². The largest absolute Gasteiger partial charge is 0.497 e. The summed E-state index contributed by atoms with van der Waals surface area (Å²) in [5.41, 5.74) is 1.03. The lowest BCUT2D eigenvalue weighted by molar-refractivity contribution is -0.117. The van der Waals surface area contributed by atoms with Crippen molar-refractivity contribution < 1.29 is 9.53 Å². The van der Waals surface area contributed by atoms with Gasteiger partial charge in [0.1, 0.15) is 11.5 Å². The molecule has 0 radical (unpaired) electrons. The van der Waals surface area contributed by atoms with Gasteiger partial charge < -0.3 is 14.4 Å². The van der Waals surface area contributed by atoms with E-state index in [9.17, 15) is 4.79 Å². The molecule has 1 atom stereocenters.